The largest absolute Gasteiger partial charge is 0.390 e. The zero-order valence-corrected chi connectivity index (χ0v) is 7.85. The van der Waals surface area contributed by atoms with Crippen LogP contribution in [0, 0.1) is 5.92 Å². The summed E-state index contributed by atoms with van der Waals surface area (Å²) in [6.07, 6.45) is -0.134. The van der Waals surface area contributed by atoms with Gasteiger partial charge in [-0.3, -0.25) is 0 Å². The van der Waals surface area contributed by atoms with E-state index in [1.807, 2.05) is 12.2 Å². The Morgan fingerprint density at radius 2 is 2.07 bits per heavy atom. The van der Waals surface area contributed by atoms with Gasteiger partial charge >= 0.3 is 6.18 Å². The number of nitrogens with one attached hydrogen (secondary N) is 1. The highest BCUT2D eigenvalue weighted by molar-refractivity contribution is 5.04. The number of hydrogen-bond donors (Lipinski definition) is 2. The van der Waals surface area contributed by atoms with E-state index < -0.39 is 12.6 Å². The van der Waals surface area contributed by atoms with E-state index in [-0.39, 0.29) is 12.6 Å². The van der Waals surface area contributed by atoms with Gasteiger partial charge < -0.3 is 11.1 Å². The number of halogens is 3. The minimum absolute atomic E-state index is 0.0108. The third-order valence-corrected chi connectivity index (χ3v) is 2.20. The molecule has 0 aromatic carbocycles. The van der Waals surface area contributed by atoms with Crippen molar-refractivity contribution in [3.05, 3.63) is 12.2 Å². The van der Waals surface area contributed by atoms with Gasteiger partial charge in [-0.15, -0.1) is 0 Å². The molecule has 14 heavy (non-hydrogen) atoms. The van der Waals surface area contributed by atoms with Crippen LogP contribution in [-0.2, 0) is 0 Å². The van der Waals surface area contributed by atoms with Gasteiger partial charge in [0.2, 0.25) is 0 Å². The fourth-order valence-electron chi connectivity index (χ4n) is 1.48. The van der Waals surface area contributed by atoms with Crippen molar-refractivity contribution in [1.82, 2.24) is 5.32 Å². The predicted molar refractivity (Wildman–Crippen MR) is 48.8 cm³/mol. The summed E-state index contributed by atoms with van der Waals surface area (Å²) in [6.45, 7) is 0.573. The van der Waals surface area contributed by atoms with Crippen LogP contribution >= 0.6 is 0 Å². The first-order valence-electron chi connectivity index (χ1n) is 4.69. The Kier molecular flexibility index (Phi) is 3.95. The Morgan fingerprint density at radius 1 is 1.36 bits per heavy atom. The maximum absolute atomic E-state index is 11.7. The second kappa shape index (κ2) is 4.79. The standard InChI is InChI=1S/C9H15F3N2/c10-9(11,12)3-4-14-6-7-1-2-8(13)5-7/h1-2,7-8,14H,3-6,13H2. The molecular formula is C9H15F3N2. The number of rotatable bonds is 4. The van der Waals surface area contributed by atoms with Gasteiger partial charge in [-0.05, 0) is 12.3 Å². The molecule has 82 valence electrons. The quantitative estimate of drug-likeness (QED) is 0.542. The summed E-state index contributed by atoms with van der Waals surface area (Å²) in [4.78, 5) is 0. The lowest BCUT2D eigenvalue weighted by molar-refractivity contribution is -0.133. The van der Waals surface area contributed by atoms with Gasteiger partial charge in [0.15, 0.2) is 0 Å². The van der Waals surface area contributed by atoms with Gasteiger partial charge in [0.1, 0.15) is 0 Å². The summed E-state index contributed by atoms with van der Waals surface area (Å²) >= 11 is 0. The van der Waals surface area contributed by atoms with Crippen molar-refractivity contribution in [2.45, 2.75) is 25.1 Å². The third kappa shape index (κ3) is 4.62. The molecule has 2 atom stereocenters. The summed E-state index contributed by atoms with van der Waals surface area (Å²) in [5.74, 6) is 0.290. The van der Waals surface area contributed by atoms with E-state index in [1.165, 1.54) is 0 Å². The molecule has 5 heteroatoms. The summed E-state index contributed by atoms with van der Waals surface area (Å²) in [5.41, 5.74) is 5.60. The maximum Gasteiger partial charge on any atom is 0.390 e. The van der Waals surface area contributed by atoms with Crippen LogP contribution in [0.25, 0.3) is 0 Å². The Balaban J connectivity index is 2.03. The normalized spacial score (nSPS) is 27.1. The Bertz CT molecular complexity index is 201. The summed E-state index contributed by atoms with van der Waals surface area (Å²) in [7, 11) is 0. The lowest BCUT2D eigenvalue weighted by Crippen LogP contribution is -2.27. The van der Waals surface area contributed by atoms with E-state index in [0.717, 1.165) is 6.42 Å². The molecule has 0 aromatic rings. The second-order valence-electron chi connectivity index (χ2n) is 3.61. The number of hydrogen-bond acceptors (Lipinski definition) is 2. The number of alkyl halides is 3. The molecule has 2 unspecified atom stereocenters. The van der Waals surface area contributed by atoms with Crippen LogP contribution < -0.4 is 11.1 Å². The fraction of sp³-hybridized carbons (Fsp3) is 0.778. The van der Waals surface area contributed by atoms with E-state index in [0.29, 0.717) is 12.5 Å². The predicted octanol–water partition coefficient (Wildman–Crippen LogP) is 1.43. The molecule has 2 nitrogen and oxygen atoms in total. The first kappa shape index (κ1) is 11.5. The van der Waals surface area contributed by atoms with Gasteiger partial charge in [0, 0.05) is 19.1 Å². The highest BCUT2D eigenvalue weighted by Gasteiger charge is 2.26. The fourth-order valence-corrected chi connectivity index (χ4v) is 1.48. The molecule has 0 radical (unpaired) electrons. The summed E-state index contributed by atoms with van der Waals surface area (Å²) in [5, 5.41) is 2.78. The molecule has 0 amide bonds. The Hall–Kier alpha value is -0.550. The smallest absolute Gasteiger partial charge is 0.324 e. The molecule has 1 rings (SSSR count). The SMILES string of the molecule is NC1C=CC(CNCCC(F)(F)F)C1. The lowest BCUT2D eigenvalue weighted by Gasteiger charge is -2.11. The van der Waals surface area contributed by atoms with Crippen molar-refractivity contribution in [3.8, 4) is 0 Å². The van der Waals surface area contributed by atoms with Crippen LogP contribution in [0.1, 0.15) is 12.8 Å². The van der Waals surface area contributed by atoms with Crippen LogP contribution in [0.3, 0.4) is 0 Å². The molecule has 0 aromatic heterocycles. The van der Waals surface area contributed by atoms with Gasteiger partial charge in [-0.25, -0.2) is 0 Å². The monoisotopic (exact) mass is 208 g/mol. The van der Waals surface area contributed by atoms with Crippen LogP contribution in [0.5, 0.6) is 0 Å². The van der Waals surface area contributed by atoms with Crippen molar-refractivity contribution in [2.75, 3.05) is 13.1 Å². The molecule has 3 N–H and O–H groups in total. The molecule has 0 bridgehead atoms. The third-order valence-electron chi connectivity index (χ3n) is 2.20. The molecule has 0 fully saturated rings. The van der Waals surface area contributed by atoms with Crippen LogP contribution in [0.4, 0.5) is 13.2 Å². The highest BCUT2D eigenvalue weighted by Crippen LogP contribution is 2.19. The minimum atomic E-state index is -4.06. The van der Waals surface area contributed by atoms with Crippen LogP contribution in [-0.4, -0.2) is 25.3 Å². The maximum atomic E-state index is 11.7. The van der Waals surface area contributed by atoms with Crippen LogP contribution in [0.15, 0.2) is 12.2 Å². The van der Waals surface area contributed by atoms with Crippen LogP contribution in [0.2, 0.25) is 0 Å². The first-order chi connectivity index (χ1) is 6.47. The average Bonchev–Trinajstić information content (AvgIpc) is 2.44. The molecule has 0 heterocycles. The van der Waals surface area contributed by atoms with Gasteiger partial charge in [0.25, 0.3) is 0 Å². The zero-order valence-electron chi connectivity index (χ0n) is 7.85. The van der Waals surface area contributed by atoms with Crippen molar-refractivity contribution < 1.29 is 13.2 Å². The molecular weight excluding hydrogens is 193 g/mol. The molecule has 0 aliphatic heterocycles. The van der Waals surface area contributed by atoms with E-state index >= 15 is 0 Å². The van der Waals surface area contributed by atoms with Crippen molar-refractivity contribution in [2.24, 2.45) is 11.7 Å². The highest BCUT2D eigenvalue weighted by atomic mass is 19.4. The van der Waals surface area contributed by atoms with Gasteiger partial charge in [-0.2, -0.15) is 13.2 Å². The second-order valence-corrected chi connectivity index (χ2v) is 3.61. The van der Waals surface area contributed by atoms with Gasteiger partial charge in [0.05, 0.1) is 6.42 Å². The van der Waals surface area contributed by atoms with E-state index in [1.54, 1.807) is 0 Å². The van der Waals surface area contributed by atoms with Crippen molar-refractivity contribution >= 4 is 0 Å². The minimum Gasteiger partial charge on any atom is -0.324 e. The molecule has 0 spiro atoms. The van der Waals surface area contributed by atoms with E-state index in [4.69, 9.17) is 5.73 Å². The molecule has 1 aliphatic rings. The molecule has 1 aliphatic carbocycles. The van der Waals surface area contributed by atoms with E-state index in [9.17, 15) is 13.2 Å². The van der Waals surface area contributed by atoms with E-state index in [2.05, 4.69) is 5.32 Å². The van der Waals surface area contributed by atoms with Gasteiger partial charge in [-0.1, -0.05) is 12.2 Å². The summed E-state index contributed by atoms with van der Waals surface area (Å²) in [6, 6.07) is 0.0735. The molecule has 0 saturated heterocycles. The van der Waals surface area contributed by atoms with Crippen molar-refractivity contribution in [3.63, 3.8) is 0 Å². The topological polar surface area (TPSA) is 38.0 Å². The Labute approximate surface area is 81.3 Å². The average molecular weight is 208 g/mol. The van der Waals surface area contributed by atoms with Crippen molar-refractivity contribution in [1.29, 1.82) is 0 Å². The number of nitrogens with two attached hydrogens (primary N) is 1. The first-order valence-corrected chi connectivity index (χ1v) is 4.69. The zero-order chi connectivity index (χ0) is 10.6. The lowest BCUT2D eigenvalue weighted by atomic mass is 10.1. The summed E-state index contributed by atoms with van der Waals surface area (Å²) < 4.78 is 35.2. The Morgan fingerprint density at radius 3 is 2.57 bits per heavy atom. The molecule has 0 saturated carbocycles.